The molecule has 94 valence electrons. The number of anilines is 1. The van der Waals surface area contributed by atoms with Crippen LogP contribution in [0, 0.1) is 19.7 Å². The maximum atomic E-state index is 13.2. The third kappa shape index (κ3) is 2.33. The highest BCUT2D eigenvalue weighted by molar-refractivity contribution is 9.10. The topological polar surface area (TPSA) is 43.1 Å². The molecule has 0 saturated carbocycles. The van der Waals surface area contributed by atoms with Crippen molar-refractivity contribution < 1.29 is 9.18 Å². The van der Waals surface area contributed by atoms with Crippen LogP contribution in [0.4, 0.5) is 10.1 Å². The number of rotatable bonds is 2. The molecule has 1 heterocycles. The summed E-state index contributed by atoms with van der Waals surface area (Å²) >= 11 is 4.76. The van der Waals surface area contributed by atoms with Gasteiger partial charge in [0.15, 0.2) is 5.78 Å². The molecule has 2 N–H and O–H groups in total. The van der Waals surface area contributed by atoms with Gasteiger partial charge >= 0.3 is 0 Å². The lowest BCUT2D eigenvalue weighted by molar-refractivity contribution is 0.103. The van der Waals surface area contributed by atoms with Gasteiger partial charge in [0.1, 0.15) is 5.82 Å². The monoisotopic (exact) mass is 327 g/mol. The first-order chi connectivity index (χ1) is 8.40. The third-order valence-electron chi connectivity index (χ3n) is 2.62. The molecule has 0 amide bonds. The molecule has 18 heavy (non-hydrogen) atoms. The summed E-state index contributed by atoms with van der Waals surface area (Å²) in [5.74, 6) is -0.674. The van der Waals surface area contributed by atoms with Gasteiger partial charge in [-0.25, -0.2) is 4.39 Å². The van der Waals surface area contributed by atoms with Crippen LogP contribution in [0.2, 0.25) is 0 Å². The minimum atomic E-state index is -0.531. The number of halogens is 2. The van der Waals surface area contributed by atoms with Crippen molar-refractivity contribution >= 4 is 38.7 Å². The van der Waals surface area contributed by atoms with Crippen molar-refractivity contribution in [2.45, 2.75) is 13.8 Å². The SMILES string of the molecule is Cc1cc(C(=O)c2cc(N)c(F)cc2Br)c(C)s1. The van der Waals surface area contributed by atoms with Crippen molar-refractivity contribution in [3.05, 3.63) is 49.4 Å². The first-order valence-electron chi connectivity index (χ1n) is 5.26. The second-order valence-electron chi connectivity index (χ2n) is 4.01. The van der Waals surface area contributed by atoms with Crippen LogP contribution in [0.15, 0.2) is 22.7 Å². The van der Waals surface area contributed by atoms with Crippen molar-refractivity contribution in [1.82, 2.24) is 0 Å². The van der Waals surface area contributed by atoms with E-state index in [1.54, 1.807) is 11.3 Å². The largest absolute Gasteiger partial charge is 0.396 e. The van der Waals surface area contributed by atoms with Crippen LogP contribution in [-0.4, -0.2) is 5.78 Å². The number of hydrogen-bond acceptors (Lipinski definition) is 3. The zero-order chi connectivity index (χ0) is 13.4. The highest BCUT2D eigenvalue weighted by atomic mass is 79.9. The molecule has 2 nitrogen and oxygen atoms in total. The lowest BCUT2D eigenvalue weighted by atomic mass is 10.0. The number of hydrogen-bond donors (Lipinski definition) is 1. The van der Waals surface area contributed by atoms with Gasteiger partial charge < -0.3 is 5.73 Å². The van der Waals surface area contributed by atoms with E-state index in [4.69, 9.17) is 5.73 Å². The molecule has 0 saturated heterocycles. The molecule has 1 aromatic heterocycles. The van der Waals surface area contributed by atoms with E-state index >= 15 is 0 Å². The quantitative estimate of drug-likeness (QED) is 0.667. The summed E-state index contributed by atoms with van der Waals surface area (Å²) in [5, 5.41) is 0. The zero-order valence-electron chi connectivity index (χ0n) is 9.88. The number of carbonyl (C=O) groups is 1. The van der Waals surface area contributed by atoms with Crippen LogP contribution in [-0.2, 0) is 0 Å². The molecule has 0 bridgehead atoms. The summed E-state index contributed by atoms with van der Waals surface area (Å²) in [4.78, 5) is 14.4. The van der Waals surface area contributed by atoms with E-state index in [0.29, 0.717) is 15.6 Å². The fraction of sp³-hybridized carbons (Fsp3) is 0.154. The molecule has 0 unspecified atom stereocenters. The second-order valence-corrected chi connectivity index (χ2v) is 6.32. The number of aryl methyl sites for hydroxylation is 2. The molecule has 0 aliphatic rings. The summed E-state index contributed by atoms with van der Waals surface area (Å²) < 4.78 is 13.7. The molecular formula is C13H11BrFNOS. The number of carbonyl (C=O) groups excluding carboxylic acids is 1. The number of benzene rings is 1. The summed E-state index contributed by atoms with van der Waals surface area (Å²) in [6, 6.07) is 4.43. The Morgan fingerprint density at radius 1 is 1.28 bits per heavy atom. The molecule has 2 rings (SSSR count). The number of nitrogen functional groups attached to an aromatic ring is 1. The van der Waals surface area contributed by atoms with Gasteiger partial charge in [-0.15, -0.1) is 11.3 Å². The molecule has 0 atom stereocenters. The molecule has 1 aromatic carbocycles. The second kappa shape index (κ2) is 4.82. The van der Waals surface area contributed by atoms with E-state index in [9.17, 15) is 9.18 Å². The predicted molar refractivity (Wildman–Crippen MR) is 75.7 cm³/mol. The molecule has 2 aromatic rings. The lowest BCUT2D eigenvalue weighted by Crippen LogP contribution is -2.05. The molecule has 5 heteroatoms. The fourth-order valence-electron chi connectivity index (χ4n) is 1.74. The smallest absolute Gasteiger partial charge is 0.195 e. The average Bonchev–Trinajstić information content (AvgIpc) is 2.62. The maximum Gasteiger partial charge on any atom is 0.195 e. The molecule has 0 aliphatic carbocycles. The number of ketones is 1. The Balaban J connectivity index is 2.53. The van der Waals surface area contributed by atoms with Crippen LogP contribution in [0.3, 0.4) is 0 Å². The summed E-state index contributed by atoms with van der Waals surface area (Å²) in [5.41, 5.74) is 6.51. The van der Waals surface area contributed by atoms with Gasteiger partial charge in [0.05, 0.1) is 5.69 Å². The minimum absolute atomic E-state index is 0.0221. The van der Waals surface area contributed by atoms with Gasteiger partial charge in [-0.1, -0.05) is 0 Å². The Hall–Kier alpha value is -1.20. The standard InChI is InChI=1S/C13H11BrFNOS/c1-6-3-8(7(2)18-6)13(17)9-4-12(16)11(15)5-10(9)14/h3-5H,16H2,1-2H3. The van der Waals surface area contributed by atoms with Gasteiger partial charge in [-0.2, -0.15) is 0 Å². The molecule has 0 radical (unpaired) electrons. The van der Waals surface area contributed by atoms with Crippen LogP contribution < -0.4 is 5.73 Å². The van der Waals surface area contributed by atoms with Crippen LogP contribution >= 0.6 is 27.3 Å². The summed E-state index contributed by atoms with van der Waals surface area (Å²) in [6.45, 7) is 3.84. The maximum absolute atomic E-state index is 13.2. The van der Waals surface area contributed by atoms with Crippen molar-refractivity contribution in [2.24, 2.45) is 0 Å². The van der Waals surface area contributed by atoms with Gasteiger partial charge in [-0.05, 0) is 48.0 Å². The van der Waals surface area contributed by atoms with Gasteiger partial charge in [0, 0.05) is 25.4 Å². The molecule has 0 fully saturated rings. The highest BCUT2D eigenvalue weighted by Crippen LogP contribution is 2.28. The molecular weight excluding hydrogens is 317 g/mol. The predicted octanol–water partition coefficient (Wildman–Crippen LogP) is 4.08. The third-order valence-corrected chi connectivity index (χ3v) is 4.24. The first kappa shape index (κ1) is 13.2. The van der Waals surface area contributed by atoms with E-state index in [-0.39, 0.29) is 11.5 Å². The Morgan fingerprint density at radius 2 is 1.94 bits per heavy atom. The van der Waals surface area contributed by atoms with E-state index < -0.39 is 5.82 Å². The van der Waals surface area contributed by atoms with E-state index in [2.05, 4.69) is 15.9 Å². The average molecular weight is 328 g/mol. The van der Waals surface area contributed by atoms with Gasteiger partial charge in [-0.3, -0.25) is 4.79 Å². The van der Waals surface area contributed by atoms with Crippen molar-refractivity contribution in [3.8, 4) is 0 Å². The molecule has 0 spiro atoms. The number of nitrogens with two attached hydrogens (primary N) is 1. The van der Waals surface area contributed by atoms with Crippen molar-refractivity contribution in [1.29, 1.82) is 0 Å². The van der Waals surface area contributed by atoms with Crippen molar-refractivity contribution in [3.63, 3.8) is 0 Å². The van der Waals surface area contributed by atoms with E-state index in [1.807, 2.05) is 19.9 Å². The first-order valence-corrected chi connectivity index (χ1v) is 6.87. The van der Waals surface area contributed by atoms with E-state index in [1.165, 1.54) is 12.1 Å². The van der Waals surface area contributed by atoms with Crippen LogP contribution in [0.25, 0.3) is 0 Å². The Bertz CT molecular complexity index is 636. The number of thiophene rings is 1. The summed E-state index contributed by atoms with van der Waals surface area (Å²) in [6.07, 6.45) is 0. The molecule has 0 aliphatic heterocycles. The fourth-order valence-corrected chi connectivity index (χ4v) is 3.16. The lowest BCUT2D eigenvalue weighted by Gasteiger charge is -2.05. The normalized spacial score (nSPS) is 10.7. The Labute approximate surface area is 117 Å². The van der Waals surface area contributed by atoms with Crippen molar-refractivity contribution in [2.75, 3.05) is 5.73 Å². The Kier molecular flexibility index (Phi) is 3.54. The highest BCUT2D eigenvalue weighted by Gasteiger charge is 2.18. The van der Waals surface area contributed by atoms with E-state index in [0.717, 1.165) is 9.75 Å². The van der Waals surface area contributed by atoms with Crippen LogP contribution in [0.1, 0.15) is 25.7 Å². The van der Waals surface area contributed by atoms with Gasteiger partial charge in [0.2, 0.25) is 0 Å². The Morgan fingerprint density at radius 3 is 2.50 bits per heavy atom. The minimum Gasteiger partial charge on any atom is -0.396 e. The summed E-state index contributed by atoms with van der Waals surface area (Å²) in [7, 11) is 0. The zero-order valence-corrected chi connectivity index (χ0v) is 12.3. The van der Waals surface area contributed by atoms with Gasteiger partial charge in [0.25, 0.3) is 0 Å². The van der Waals surface area contributed by atoms with Crippen LogP contribution in [0.5, 0.6) is 0 Å².